The van der Waals surface area contributed by atoms with Gasteiger partial charge in [-0.1, -0.05) is 18.2 Å². The molecule has 0 saturated heterocycles. The predicted octanol–water partition coefficient (Wildman–Crippen LogP) is 3.11. The first kappa shape index (κ1) is 18.1. The van der Waals surface area contributed by atoms with Crippen LogP contribution in [0.25, 0.3) is 0 Å². The van der Waals surface area contributed by atoms with Crippen molar-refractivity contribution in [1.82, 2.24) is 9.47 Å². The molecule has 0 spiro atoms. The Morgan fingerprint density at radius 2 is 1.96 bits per heavy atom. The highest BCUT2D eigenvalue weighted by Crippen LogP contribution is 2.12. The van der Waals surface area contributed by atoms with Crippen LogP contribution in [0.2, 0.25) is 0 Å². The third-order valence-corrected chi connectivity index (χ3v) is 4.66. The zero-order valence-corrected chi connectivity index (χ0v) is 15.0. The van der Waals surface area contributed by atoms with E-state index in [1.807, 2.05) is 43.5 Å². The van der Waals surface area contributed by atoms with E-state index in [0.717, 1.165) is 17.0 Å². The van der Waals surface area contributed by atoms with Gasteiger partial charge in [0, 0.05) is 36.8 Å². The average molecular weight is 345 g/mol. The normalized spacial score (nSPS) is 11.8. The van der Waals surface area contributed by atoms with Gasteiger partial charge < -0.3 is 14.8 Å². The van der Waals surface area contributed by atoms with Crippen LogP contribution in [-0.4, -0.2) is 40.6 Å². The Balaban J connectivity index is 1.98. The molecule has 128 valence electrons. The summed E-state index contributed by atoms with van der Waals surface area (Å²) in [6.45, 7) is 2.54. The monoisotopic (exact) mass is 345 g/mol. The first-order valence-electron chi connectivity index (χ1n) is 7.78. The molecule has 0 bridgehead atoms. The Labute approximate surface area is 146 Å². The predicted molar refractivity (Wildman–Crippen MR) is 101 cm³/mol. The Morgan fingerprint density at radius 3 is 2.58 bits per heavy atom. The van der Waals surface area contributed by atoms with E-state index in [1.54, 1.807) is 46.6 Å². The number of hydrogen-bond donors (Lipinski definition) is 1. The molecule has 0 saturated carbocycles. The fourth-order valence-corrected chi connectivity index (χ4v) is 2.95. The van der Waals surface area contributed by atoms with E-state index >= 15 is 0 Å². The summed E-state index contributed by atoms with van der Waals surface area (Å²) in [5, 5.41) is 2.89. The van der Waals surface area contributed by atoms with Gasteiger partial charge in [0.15, 0.2) is 0 Å². The highest BCUT2D eigenvalue weighted by atomic mass is 32.2. The number of nitrogens with one attached hydrogen (secondary N) is 1. The summed E-state index contributed by atoms with van der Waals surface area (Å²) in [5.74, 6) is 0.898. The molecule has 1 N–H and O–H groups in total. The Bertz CT molecular complexity index is 728. The van der Waals surface area contributed by atoms with Gasteiger partial charge in [0.05, 0.1) is 6.54 Å². The van der Waals surface area contributed by atoms with Crippen LogP contribution < -0.4 is 10.9 Å². The van der Waals surface area contributed by atoms with Crippen molar-refractivity contribution < 1.29 is 4.79 Å². The highest BCUT2D eigenvalue weighted by molar-refractivity contribution is 7.98. The lowest BCUT2D eigenvalue weighted by Gasteiger charge is -2.24. The molecule has 1 unspecified atom stereocenters. The SMILES string of the molecule is CSCC(C)N(C)C(=O)Nc1ccc(Cn2ccccc2=O)cc1. The summed E-state index contributed by atoms with van der Waals surface area (Å²) >= 11 is 1.72. The van der Waals surface area contributed by atoms with Gasteiger partial charge in [0.25, 0.3) is 5.56 Å². The van der Waals surface area contributed by atoms with Gasteiger partial charge in [-0.2, -0.15) is 11.8 Å². The standard InChI is InChI=1S/C18H23N3O2S/c1-14(13-24-3)20(2)18(23)19-16-9-7-15(8-10-16)12-21-11-5-4-6-17(21)22/h4-11,14H,12-13H2,1-3H3,(H,19,23). The molecule has 1 aromatic carbocycles. The summed E-state index contributed by atoms with van der Waals surface area (Å²) in [7, 11) is 1.80. The zero-order valence-electron chi connectivity index (χ0n) is 14.2. The molecule has 0 aliphatic heterocycles. The molecule has 1 heterocycles. The number of nitrogens with zero attached hydrogens (tertiary/aromatic N) is 2. The van der Waals surface area contributed by atoms with E-state index in [1.165, 1.54) is 0 Å². The lowest BCUT2D eigenvalue weighted by Crippen LogP contribution is -2.39. The van der Waals surface area contributed by atoms with Gasteiger partial charge in [0.2, 0.25) is 0 Å². The number of hydrogen-bond acceptors (Lipinski definition) is 3. The van der Waals surface area contributed by atoms with Crippen LogP contribution in [0.1, 0.15) is 12.5 Å². The number of amides is 2. The van der Waals surface area contributed by atoms with Gasteiger partial charge in [-0.15, -0.1) is 0 Å². The van der Waals surface area contributed by atoms with Gasteiger partial charge in [0.1, 0.15) is 0 Å². The number of pyridine rings is 1. The van der Waals surface area contributed by atoms with Crippen molar-refractivity contribution in [2.75, 3.05) is 24.4 Å². The zero-order chi connectivity index (χ0) is 17.5. The van der Waals surface area contributed by atoms with E-state index in [4.69, 9.17) is 0 Å². The van der Waals surface area contributed by atoms with Gasteiger partial charge in [-0.3, -0.25) is 4.79 Å². The molecular weight excluding hydrogens is 322 g/mol. The van der Waals surface area contributed by atoms with Crippen LogP contribution in [0.15, 0.2) is 53.5 Å². The van der Waals surface area contributed by atoms with Gasteiger partial charge in [-0.25, -0.2) is 4.79 Å². The summed E-state index contributed by atoms with van der Waals surface area (Å²) in [5.41, 5.74) is 1.72. The molecule has 0 aliphatic carbocycles. The first-order chi connectivity index (χ1) is 11.5. The lowest BCUT2D eigenvalue weighted by atomic mass is 10.2. The summed E-state index contributed by atoms with van der Waals surface area (Å²) < 4.78 is 1.64. The van der Waals surface area contributed by atoms with Gasteiger partial charge in [-0.05, 0) is 36.9 Å². The molecule has 0 aliphatic rings. The van der Waals surface area contributed by atoms with Crippen molar-refractivity contribution in [3.8, 4) is 0 Å². The molecule has 6 heteroatoms. The van der Waals surface area contributed by atoms with E-state index in [9.17, 15) is 9.59 Å². The molecule has 0 fully saturated rings. The minimum atomic E-state index is -0.122. The second-order valence-electron chi connectivity index (χ2n) is 5.71. The molecule has 2 amide bonds. The van der Waals surface area contributed by atoms with E-state index in [2.05, 4.69) is 5.32 Å². The van der Waals surface area contributed by atoms with Crippen LogP contribution in [0, 0.1) is 0 Å². The van der Waals surface area contributed by atoms with Crippen molar-refractivity contribution in [1.29, 1.82) is 0 Å². The minimum absolute atomic E-state index is 0.0284. The molecule has 1 atom stereocenters. The molecule has 2 rings (SSSR count). The summed E-state index contributed by atoms with van der Waals surface area (Å²) in [4.78, 5) is 25.6. The Morgan fingerprint density at radius 1 is 1.25 bits per heavy atom. The molecule has 2 aromatic rings. The summed E-state index contributed by atoms with van der Waals surface area (Å²) in [6, 6.07) is 12.7. The highest BCUT2D eigenvalue weighted by Gasteiger charge is 2.15. The maximum atomic E-state index is 12.2. The van der Waals surface area contributed by atoms with Crippen LogP contribution in [0.5, 0.6) is 0 Å². The first-order valence-corrected chi connectivity index (χ1v) is 9.18. The number of anilines is 1. The van der Waals surface area contributed by atoms with E-state index < -0.39 is 0 Å². The number of urea groups is 1. The largest absolute Gasteiger partial charge is 0.324 e. The smallest absolute Gasteiger partial charge is 0.321 e. The Hall–Kier alpha value is -2.21. The van der Waals surface area contributed by atoms with E-state index in [0.29, 0.717) is 6.54 Å². The fourth-order valence-electron chi connectivity index (χ4n) is 2.25. The number of aromatic nitrogens is 1. The van der Waals surface area contributed by atoms with Crippen LogP contribution in [0.4, 0.5) is 10.5 Å². The number of carbonyl (C=O) groups excluding carboxylic acids is 1. The van der Waals surface area contributed by atoms with Crippen molar-refractivity contribution in [3.05, 3.63) is 64.6 Å². The van der Waals surface area contributed by atoms with Crippen molar-refractivity contribution in [2.24, 2.45) is 0 Å². The number of benzene rings is 1. The van der Waals surface area contributed by atoms with E-state index in [-0.39, 0.29) is 17.6 Å². The van der Waals surface area contributed by atoms with Crippen LogP contribution >= 0.6 is 11.8 Å². The maximum Gasteiger partial charge on any atom is 0.321 e. The van der Waals surface area contributed by atoms with Crippen molar-refractivity contribution in [3.63, 3.8) is 0 Å². The molecule has 24 heavy (non-hydrogen) atoms. The van der Waals surface area contributed by atoms with Crippen molar-refractivity contribution in [2.45, 2.75) is 19.5 Å². The molecular formula is C18H23N3O2S. The third-order valence-electron chi connectivity index (χ3n) is 3.85. The van der Waals surface area contributed by atoms with Crippen LogP contribution in [-0.2, 0) is 6.54 Å². The maximum absolute atomic E-state index is 12.2. The second kappa shape index (κ2) is 8.59. The number of rotatable bonds is 6. The van der Waals surface area contributed by atoms with Crippen LogP contribution in [0.3, 0.4) is 0 Å². The molecule has 1 aromatic heterocycles. The Kier molecular flexibility index (Phi) is 6.49. The number of thioether (sulfide) groups is 1. The third kappa shape index (κ3) is 4.89. The van der Waals surface area contributed by atoms with Gasteiger partial charge >= 0.3 is 6.03 Å². The fraction of sp³-hybridized carbons (Fsp3) is 0.333. The summed E-state index contributed by atoms with van der Waals surface area (Å²) in [6.07, 6.45) is 3.79. The lowest BCUT2D eigenvalue weighted by molar-refractivity contribution is 0.212. The topological polar surface area (TPSA) is 54.3 Å². The minimum Gasteiger partial charge on any atom is -0.324 e. The second-order valence-corrected chi connectivity index (χ2v) is 6.62. The van der Waals surface area contributed by atoms with Crippen molar-refractivity contribution >= 4 is 23.5 Å². The molecule has 0 radical (unpaired) electrons. The number of carbonyl (C=O) groups is 1. The quantitative estimate of drug-likeness (QED) is 0.875. The molecule has 5 nitrogen and oxygen atoms in total. The average Bonchev–Trinajstić information content (AvgIpc) is 2.58.